The van der Waals surface area contributed by atoms with Crippen molar-refractivity contribution in [3.8, 4) is 11.8 Å². The lowest BCUT2D eigenvalue weighted by atomic mass is 10.0. The van der Waals surface area contributed by atoms with E-state index in [9.17, 15) is 9.18 Å². The van der Waals surface area contributed by atoms with E-state index in [1.807, 2.05) is 13.0 Å². The van der Waals surface area contributed by atoms with E-state index in [0.717, 1.165) is 18.9 Å². The van der Waals surface area contributed by atoms with Crippen LogP contribution < -0.4 is 5.32 Å². The monoisotopic (exact) mass is 328 g/mol. The number of aromatic nitrogens is 2. The Morgan fingerprint density at radius 2 is 2.38 bits per heavy atom. The predicted molar refractivity (Wildman–Crippen MR) is 85.0 cm³/mol. The van der Waals surface area contributed by atoms with Gasteiger partial charge in [0, 0.05) is 18.9 Å². The molecule has 2 aromatic rings. The molecule has 2 atom stereocenters. The summed E-state index contributed by atoms with van der Waals surface area (Å²) in [7, 11) is 0. The van der Waals surface area contributed by atoms with Crippen LogP contribution in [0.25, 0.3) is 5.69 Å². The topological polar surface area (TPSA) is 79.9 Å². The van der Waals surface area contributed by atoms with Crippen LogP contribution in [-0.4, -0.2) is 28.4 Å². The van der Waals surface area contributed by atoms with Crippen molar-refractivity contribution in [2.45, 2.75) is 25.9 Å². The van der Waals surface area contributed by atoms with Crippen LogP contribution in [0.15, 0.2) is 30.5 Å². The van der Waals surface area contributed by atoms with Gasteiger partial charge in [-0.25, -0.2) is 9.07 Å². The van der Waals surface area contributed by atoms with Crippen molar-refractivity contribution in [1.82, 2.24) is 9.78 Å². The summed E-state index contributed by atoms with van der Waals surface area (Å²) in [6.07, 6.45) is 3.33. The first-order chi connectivity index (χ1) is 11.6. The maximum Gasteiger partial charge on any atom is 0.231 e. The van der Waals surface area contributed by atoms with Crippen molar-refractivity contribution < 1.29 is 13.9 Å². The first kappa shape index (κ1) is 16.1. The van der Waals surface area contributed by atoms with Gasteiger partial charge in [0.2, 0.25) is 5.91 Å². The third kappa shape index (κ3) is 3.29. The highest BCUT2D eigenvalue weighted by Crippen LogP contribution is 2.22. The maximum atomic E-state index is 14.0. The molecule has 24 heavy (non-hydrogen) atoms. The maximum absolute atomic E-state index is 14.0. The molecule has 1 fully saturated rings. The summed E-state index contributed by atoms with van der Waals surface area (Å²) in [6.45, 7) is 2.51. The van der Waals surface area contributed by atoms with Crippen molar-refractivity contribution in [1.29, 1.82) is 5.26 Å². The quantitative estimate of drug-likeness (QED) is 0.935. The van der Waals surface area contributed by atoms with E-state index < -0.39 is 5.82 Å². The molecule has 1 amide bonds. The minimum atomic E-state index is -0.553. The lowest BCUT2D eigenvalue weighted by Crippen LogP contribution is -2.30. The number of amides is 1. The number of rotatable bonds is 4. The molecule has 1 N–H and O–H groups in total. The highest BCUT2D eigenvalue weighted by atomic mass is 19.1. The Labute approximate surface area is 138 Å². The largest absolute Gasteiger partial charge is 0.377 e. The van der Waals surface area contributed by atoms with Gasteiger partial charge in [-0.3, -0.25) is 4.79 Å². The van der Waals surface area contributed by atoms with Gasteiger partial charge in [0.15, 0.2) is 5.82 Å². The number of hydrogen-bond acceptors (Lipinski definition) is 4. The Morgan fingerprint density at radius 3 is 3.04 bits per heavy atom. The molecule has 0 radical (unpaired) electrons. The molecule has 2 heterocycles. The van der Waals surface area contributed by atoms with E-state index in [1.165, 1.54) is 16.8 Å². The van der Waals surface area contributed by atoms with Gasteiger partial charge in [-0.05, 0) is 31.0 Å². The molecule has 7 heteroatoms. The Hall–Kier alpha value is -2.72. The SMILES string of the molecule is CC(C(=O)Nc1ccn(-c2ccc(C#N)cc2F)n1)C1CCCO1. The van der Waals surface area contributed by atoms with Crippen LogP contribution in [0.2, 0.25) is 0 Å². The fourth-order valence-corrected chi connectivity index (χ4v) is 2.69. The van der Waals surface area contributed by atoms with E-state index in [1.54, 1.807) is 12.3 Å². The molecule has 0 bridgehead atoms. The van der Waals surface area contributed by atoms with E-state index in [-0.39, 0.29) is 29.2 Å². The van der Waals surface area contributed by atoms with Crippen LogP contribution in [0.5, 0.6) is 0 Å². The van der Waals surface area contributed by atoms with Gasteiger partial charge in [-0.1, -0.05) is 6.92 Å². The summed E-state index contributed by atoms with van der Waals surface area (Å²) >= 11 is 0. The van der Waals surface area contributed by atoms with Gasteiger partial charge in [-0.15, -0.1) is 5.10 Å². The van der Waals surface area contributed by atoms with E-state index in [2.05, 4.69) is 10.4 Å². The molecule has 1 aliphatic rings. The first-order valence-electron chi connectivity index (χ1n) is 7.76. The average Bonchev–Trinajstić information content (AvgIpc) is 3.25. The third-order valence-corrected chi connectivity index (χ3v) is 4.10. The summed E-state index contributed by atoms with van der Waals surface area (Å²) in [5, 5.41) is 15.7. The lowest BCUT2D eigenvalue weighted by Gasteiger charge is -2.17. The third-order valence-electron chi connectivity index (χ3n) is 4.10. The minimum Gasteiger partial charge on any atom is -0.377 e. The van der Waals surface area contributed by atoms with Gasteiger partial charge in [-0.2, -0.15) is 5.26 Å². The lowest BCUT2D eigenvalue weighted by molar-refractivity contribution is -0.123. The second kappa shape index (κ2) is 6.81. The average molecular weight is 328 g/mol. The number of benzene rings is 1. The van der Waals surface area contributed by atoms with Crippen molar-refractivity contribution in [3.63, 3.8) is 0 Å². The zero-order valence-electron chi connectivity index (χ0n) is 13.2. The van der Waals surface area contributed by atoms with E-state index in [0.29, 0.717) is 12.4 Å². The van der Waals surface area contributed by atoms with E-state index >= 15 is 0 Å². The van der Waals surface area contributed by atoms with Crippen LogP contribution >= 0.6 is 0 Å². The summed E-state index contributed by atoms with van der Waals surface area (Å²) in [5.74, 6) is -0.659. The number of hydrogen-bond donors (Lipinski definition) is 1. The molecule has 1 aliphatic heterocycles. The molecule has 1 saturated heterocycles. The highest BCUT2D eigenvalue weighted by molar-refractivity contribution is 5.91. The van der Waals surface area contributed by atoms with Gasteiger partial charge in [0.1, 0.15) is 11.5 Å². The normalized spacial score (nSPS) is 18.1. The van der Waals surface area contributed by atoms with Crippen molar-refractivity contribution >= 4 is 11.7 Å². The van der Waals surface area contributed by atoms with Gasteiger partial charge in [0.05, 0.1) is 23.7 Å². The molecule has 2 unspecified atom stereocenters. The minimum absolute atomic E-state index is 0.0666. The van der Waals surface area contributed by atoms with Crippen molar-refractivity contribution in [2.24, 2.45) is 5.92 Å². The highest BCUT2D eigenvalue weighted by Gasteiger charge is 2.28. The van der Waals surface area contributed by atoms with Crippen LogP contribution in [0.3, 0.4) is 0 Å². The molecule has 0 spiro atoms. The molecule has 1 aromatic heterocycles. The Morgan fingerprint density at radius 1 is 1.54 bits per heavy atom. The van der Waals surface area contributed by atoms with Crippen LogP contribution in [-0.2, 0) is 9.53 Å². The number of ether oxygens (including phenoxy) is 1. The fourth-order valence-electron chi connectivity index (χ4n) is 2.69. The van der Waals surface area contributed by atoms with Crippen LogP contribution in [0.4, 0.5) is 10.2 Å². The standard InChI is InChI=1S/C17H17FN4O2/c1-11(15-3-2-8-24-15)17(23)20-16-6-7-22(21-16)14-5-4-12(10-19)9-13(14)18/h4-7,9,11,15H,2-3,8H2,1H3,(H,20,21,23). The number of carbonyl (C=O) groups is 1. The van der Waals surface area contributed by atoms with Crippen molar-refractivity contribution in [2.75, 3.05) is 11.9 Å². The number of nitrogens with zero attached hydrogens (tertiary/aromatic N) is 3. The zero-order chi connectivity index (χ0) is 17.1. The van der Waals surface area contributed by atoms with Crippen LogP contribution in [0, 0.1) is 23.1 Å². The van der Waals surface area contributed by atoms with Crippen LogP contribution in [0.1, 0.15) is 25.3 Å². The fraction of sp³-hybridized carbons (Fsp3) is 0.353. The summed E-state index contributed by atoms with van der Waals surface area (Å²) in [5.41, 5.74) is 0.448. The molecular formula is C17H17FN4O2. The molecule has 1 aromatic carbocycles. The zero-order valence-corrected chi connectivity index (χ0v) is 13.2. The summed E-state index contributed by atoms with van der Waals surface area (Å²) in [6, 6.07) is 7.61. The van der Waals surface area contributed by atoms with Gasteiger partial charge in [0.25, 0.3) is 0 Å². The molecule has 0 aliphatic carbocycles. The van der Waals surface area contributed by atoms with E-state index in [4.69, 9.17) is 10.00 Å². The second-order valence-electron chi connectivity index (χ2n) is 5.75. The van der Waals surface area contributed by atoms with Gasteiger partial charge >= 0.3 is 0 Å². The Bertz CT molecular complexity index is 790. The molecule has 0 saturated carbocycles. The molecular weight excluding hydrogens is 311 g/mol. The predicted octanol–water partition coefficient (Wildman–Crippen LogP) is 2.64. The Kier molecular flexibility index (Phi) is 4.58. The number of anilines is 1. The number of carbonyl (C=O) groups excluding carboxylic acids is 1. The molecule has 124 valence electrons. The van der Waals surface area contributed by atoms with Crippen molar-refractivity contribution in [3.05, 3.63) is 41.8 Å². The first-order valence-corrected chi connectivity index (χ1v) is 7.76. The smallest absolute Gasteiger partial charge is 0.231 e. The van der Waals surface area contributed by atoms with Gasteiger partial charge < -0.3 is 10.1 Å². The summed E-state index contributed by atoms with van der Waals surface area (Å²) in [4.78, 5) is 12.2. The molecule has 3 rings (SSSR count). The molecule has 6 nitrogen and oxygen atoms in total. The number of halogens is 1. The Balaban J connectivity index is 1.71. The number of nitrogens with one attached hydrogen (secondary N) is 1. The second-order valence-corrected chi connectivity index (χ2v) is 5.75. The number of nitriles is 1. The summed E-state index contributed by atoms with van der Waals surface area (Å²) < 4.78 is 20.9.